The highest BCUT2D eigenvalue weighted by Gasteiger charge is 2.22. The number of rotatable bonds is 11. The molecule has 0 aliphatic rings. The third-order valence-corrected chi connectivity index (χ3v) is 6.74. The normalized spacial score (nSPS) is 10.5. The Morgan fingerprint density at radius 1 is 0.971 bits per heavy atom. The molecule has 0 aliphatic heterocycles. The maximum atomic E-state index is 12.7. The SMILES string of the molecule is CCCCC(=O)Nc1cccc(SCC(=O)Nc2scc(-c3ccccc3)c2C(=O)OCC)c1. The van der Waals surface area contributed by atoms with Gasteiger partial charge in [-0.2, -0.15) is 0 Å². The van der Waals surface area contributed by atoms with Gasteiger partial charge in [-0.05, 0) is 37.1 Å². The molecule has 0 bridgehead atoms. The van der Waals surface area contributed by atoms with E-state index in [2.05, 4.69) is 10.6 Å². The third-order valence-electron chi connectivity index (χ3n) is 4.85. The molecular weight excluding hydrogens is 468 g/mol. The lowest BCUT2D eigenvalue weighted by Crippen LogP contribution is -2.16. The fourth-order valence-electron chi connectivity index (χ4n) is 3.22. The molecule has 3 rings (SSSR count). The van der Waals surface area contributed by atoms with E-state index in [4.69, 9.17) is 4.74 Å². The van der Waals surface area contributed by atoms with E-state index in [1.54, 1.807) is 6.92 Å². The van der Waals surface area contributed by atoms with Crippen LogP contribution in [0.1, 0.15) is 43.5 Å². The summed E-state index contributed by atoms with van der Waals surface area (Å²) in [6.45, 7) is 4.04. The summed E-state index contributed by atoms with van der Waals surface area (Å²) >= 11 is 2.66. The van der Waals surface area contributed by atoms with Crippen LogP contribution in [-0.2, 0) is 14.3 Å². The molecule has 0 radical (unpaired) electrons. The van der Waals surface area contributed by atoms with Crippen molar-refractivity contribution in [2.24, 2.45) is 0 Å². The van der Waals surface area contributed by atoms with E-state index < -0.39 is 5.97 Å². The van der Waals surface area contributed by atoms with Crippen molar-refractivity contribution in [3.8, 4) is 11.1 Å². The van der Waals surface area contributed by atoms with Crippen LogP contribution < -0.4 is 10.6 Å². The summed E-state index contributed by atoms with van der Waals surface area (Å²) in [6.07, 6.45) is 2.31. The number of nitrogens with one attached hydrogen (secondary N) is 2. The van der Waals surface area contributed by atoms with Gasteiger partial charge in [0.15, 0.2) is 0 Å². The van der Waals surface area contributed by atoms with Crippen molar-refractivity contribution in [1.29, 1.82) is 0 Å². The maximum absolute atomic E-state index is 12.7. The second-order valence-corrected chi connectivity index (χ2v) is 9.38. The molecule has 0 spiro atoms. The van der Waals surface area contributed by atoms with Gasteiger partial charge >= 0.3 is 5.97 Å². The Morgan fingerprint density at radius 2 is 1.76 bits per heavy atom. The first-order chi connectivity index (χ1) is 16.5. The molecule has 178 valence electrons. The molecular formula is C26H28N2O4S2. The van der Waals surface area contributed by atoms with Crippen molar-refractivity contribution in [2.75, 3.05) is 23.0 Å². The minimum Gasteiger partial charge on any atom is -0.462 e. The minimum absolute atomic E-state index is 0.0137. The lowest BCUT2D eigenvalue weighted by atomic mass is 10.0. The Hall–Kier alpha value is -3.10. The molecule has 0 atom stereocenters. The predicted molar refractivity (Wildman–Crippen MR) is 140 cm³/mol. The number of carbonyl (C=O) groups is 3. The summed E-state index contributed by atoms with van der Waals surface area (Å²) in [5.41, 5.74) is 2.70. The quantitative estimate of drug-likeness (QED) is 0.235. The van der Waals surface area contributed by atoms with Crippen LogP contribution in [0.4, 0.5) is 10.7 Å². The van der Waals surface area contributed by atoms with Crippen molar-refractivity contribution in [3.63, 3.8) is 0 Å². The van der Waals surface area contributed by atoms with Gasteiger partial charge in [0, 0.05) is 27.9 Å². The van der Waals surface area contributed by atoms with Gasteiger partial charge in [0.25, 0.3) is 0 Å². The Balaban J connectivity index is 1.66. The summed E-state index contributed by atoms with van der Waals surface area (Å²) in [7, 11) is 0. The van der Waals surface area contributed by atoms with Crippen LogP contribution in [0.2, 0.25) is 0 Å². The average Bonchev–Trinajstić information content (AvgIpc) is 3.26. The van der Waals surface area contributed by atoms with Gasteiger partial charge < -0.3 is 15.4 Å². The van der Waals surface area contributed by atoms with E-state index >= 15 is 0 Å². The molecule has 1 aromatic heterocycles. The molecule has 2 N–H and O–H groups in total. The average molecular weight is 497 g/mol. The number of anilines is 2. The van der Waals surface area contributed by atoms with Crippen molar-refractivity contribution in [1.82, 2.24) is 0 Å². The van der Waals surface area contributed by atoms with E-state index in [9.17, 15) is 14.4 Å². The summed E-state index contributed by atoms with van der Waals surface area (Å²) in [5.74, 6) is -0.541. The van der Waals surface area contributed by atoms with Crippen LogP contribution in [-0.4, -0.2) is 30.1 Å². The number of amides is 2. The zero-order chi connectivity index (χ0) is 24.3. The highest BCUT2D eigenvalue weighted by molar-refractivity contribution is 8.00. The fraction of sp³-hybridized carbons (Fsp3) is 0.269. The smallest absolute Gasteiger partial charge is 0.341 e. The van der Waals surface area contributed by atoms with E-state index in [0.717, 1.165) is 28.9 Å². The van der Waals surface area contributed by atoms with Crippen LogP contribution in [0, 0.1) is 0 Å². The number of thioether (sulfide) groups is 1. The lowest BCUT2D eigenvalue weighted by molar-refractivity contribution is -0.116. The van der Waals surface area contributed by atoms with E-state index in [-0.39, 0.29) is 24.2 Å². The van der Waals surface area contributed by atoms with E-state index in [1.165, 1.54) is 23.1 Å². The van der Waals surface area contributed by atoms with Gasteiger partial charge in [0.05, 0.1) is 12.4 Å². The van der Waals surface area contributed by atoms with Crippen LogP contribution in [0.5, 0.6) is 0 Å². The molecule has 0 aliphatic carbocycles. The second kappa shape index (κ2) is 13.0. The van der Waals surface area contributed by atoms with Crippen LogP contribution in [0.25, 0.3) is 11.1 Å². The molecule has 8 heteroatoms. The molecule has 0 saturated carbocycles. The first-order valence-electron chi connectivity index (χ1n) is 11.2. The highest BCUT2D eigenvalue weighted by Crippen LogP contribution is 2.36. The Morgan fingerprint density at radius 3 is 2.50 bits per heavy atom. The number of esters is 1. The second-order valence-electron chi connectivity index (χ2n) is 7.46. The van der Waals surface area contributed by atoms with E-state index in [0.29, 0.717) is 22.7 Å². The van der Waals surface area contributed by atoms with Gasteiger partial charge in [-0.25, -0.2) is 4.79 Å². The number of hydrogen-bond donors (Lipinski definition) is 2. The predicted octanol–water partition coefficient (Wildman–Crippen LogP) is 6.45. The molecule has 6 nitrogen and oxygen atoms in total. The number of benzene rings is 2. The summed E-state index contributed by atoms with van der Waals surface area (Å²) in [4.78, 5) is 38.2. The van der Waals surface area contributed by atoms with Crippen molar-refractivity contribution < 1.29 is 19.1 Å². The number of hydrogen-bond acceptors (Lipinski definition) is 6. The summed E-state index contributed by atoms with van der Waals surface area (Å²) in [6, 6.07) is 17.0. The Kier molecular flexibility index (Phi) is 9.73. The molecule has 34 heavy (non-hydrogen) atoms. The van der Waals surface area contributed by atoms with Gasteiger partial charge in [0.2, 0.25) is 11.8 Å². The van der Waals surface area contributed by atoms with Crippen molar-refractivity contribution in [3.05, 3.63) is 65.5 Å². The Labute approximate surface area is 208 Å². The highest BCUT2D eigenvalue weighted by atomic mass is 32.2. The largest absolute Gasteiger partial charge is 0.462 e. The Bertz CT molecular complexity index is 1130. The number of carbonyl (C=O) groups excluding carboxylic acids is 3. The standard InChI is InChI=1S/C26H28N2O4S2/c1-3-5-14-22(29)27-19-12-9-13-20(15-19)33-17-23(30)28-25-24(26(31)32-4-2)21(16-34-25)18-10-7-6-8-11-18/h6-13,15-16H,3-5,14,17H2,1-2H3,(H,27,29)(H,28,30). The molecule has 0 unspecified atom stereocenters. The fourth-order valence-corrected chi connectivity index (χ4v) is 4.95. The zero-order valence-electron chi connectivity index (χ0n) is 19.3. The third kappa shape index (κ3) is 7.20. The first-order valence-corrected chi connectivity index (χ1v) is 13.0. The molecule has 1 heterocycles. The molecule has 3 aromatic rings. The van der Waals surface area contributed by atoms with Gasteiger partial charge in [0.1, 0.15) is 10.6 Å². The molecule has 0 saturated heterocycles. The van der Waals surface area contributed by atoms with Crippen LogP contribution in [0.3, 0.4) is 0 Å². The lowest BCUT2D eigenvalue weighted by Gasteiger charge is -2.09. The summed E-state index contributed by atoms with van der Waals surface area (Å²) < 4.78 is 5.25. The van der Waals surface area contributed by atoms with Crippen LogP contribution in [0.15, 0.2) is 64.9 Å². The zero-order valence-corrected chi connectivity index (χ0v) is 20.9. The molecule has 0 fully saturated rings. The van der Waals surface area contributed by atoms with Gasteiger partial charge in [-0.3, -0.25) is 9.59 Å². The topological polar surface area (TPSA) is 84.5 Å². The van der Waals surface area contributed by atoms with E-state index in [1.807, 2.05) is 66.9 Å². The molecule has 2 amide bonds. The maximum Gasteiger partial charge on any atom is 0.341 e. The first kappa shape index (κ1) is 25.5. The van der Waals surface area contributed by atoms with Gasteiger partial charge in [-0.15, -0.1) is 23.1 Å². The van der Waals surface area contributed by atoms with Crippen LogP contribution >= 0.6 is 23.1 Å². The van der Waals surface area contributed by atoms with Crippen molar-refractivity contribution >= 4 is 51.6 Å². The van der Waals surface area contributed by atoms with Gasteiger partial charge in [-0.1, -0.05) is 49.7 Å². The monoisotopic (exact) mass is 496 g/mol. The number of ether oxygens (including phenoxy) is 1. The van der Waals surface area contributed by atoms with Crippen molar-refractivity contribution in [2.45, 2.75) is 38.0 Å². The summed E-state index contributed by atoms with van der Waals surface area (Å²) in [5, 5.41) is 8.09. The number of unbranched alkanes of at least 4 members (excludes halogenated alkanes) is 1. The molecule has 2 aromatic carbocycles. The minimum atomic E-state index is -0.461. The number of thiophene rings is 1.